The van der Waals surface area contributed by atoms with Crippen molar-refractivity contribution in [2.75, 3.05) is 6.61 Å². The van der Waals surface area contributed by atoms with Crippen molar-refractivity contribution >= 4 is 23.2 Å². The lowest BCUT2D eigenvalue weighted by Gasteiger charge is -2.16. The van der Waals surface area contributed by atoms with Gasteiger partial charge in [-0.25, -0.2) is 0 Å². The number of benzene rings is 1. The summed E-state index contributed by atoms with van der Waals surface area (Å²) in [5, 5.41) is 1.22. The summed E-state index contributed by atoms with van der Waals surface area (Å²) in [7, 11) is 0. The molecule has 100 valence electrons. The fourth-order valence-corrected chi connectivity index (χ4v) is 2.43. The Kier molecular flexibility index (Phi) is 4.77. The van der Waals surface area contributed by atoms with E-state index in [1.54, 1.807) is 6.07 Å². The van der Waals surface area contributed by atoms with E-state index in [0.29, 0.717) is 16.0 Å². The molecular weight excluding hydrogens is 269 g/mol. The molecule has 1 aromatic rings. The summed E-state index contributed by atoms with van der Waals surface area (Å²) >= 11 is 12.3. The molecule has 1 aliphatic rings. The van der Waals surface area contributed by atoms with Crippen LogP contribution in [0.5, 0.6) is 5.75 Å². The highest BCUT2D eigenvalue weighted by Gasteiger charge is 2.23. The molecule has 1 aromatic carbocycles. The van der Waals surface area contributed by atoms with Crippen molar-refractivity contribution in [1.82, 2.24) is 0 Å². The topological polar surface area (TPSA) is 35.2 Å². The predicted octanol–water partition coefficient (Wildman–Crippen LogP) is 4.06. The van der Waals surface area contributed by atoms with E-state index in [0.717, 1.165) is 30.8 Å². The van der Waals surface area contributed by atoms with E-state index in [2.05, 4.69) is 6.92 Å². The van der Waals surface area contributed by atoms with Gasteiger partial charge in [-0.2, -0.15) is 0 Å². The number of halogens is 2. The molecule has 0 amide bonds. The molecule has 0 saturated heterocycles. The zero-order chi connectivity index (χ0) is 13.1. The van der Waals surface area contributed by atoms with Gasteiger partial charge in [0, 0.05) is 11.1 Å². The van der Waals surface area contributed by atoms with Gasteiger partial charge < -0.3 is 10.5 Å². The van der Waals surface area contributed by atoms with Crippen LogP contribution in [0, 0.1) is 5.92 Å². The van der Waals surface area contributed by atoms with Gasteiger partial charge in [-0.1, -0.05) is 30.1 Å². The maximum atomic E-state index is 6.21. The lowest BCUT2D eigenvalue weighted by molar-refractivity contribution is 0.296. The first-order chi connectivity index (χ1) is 8.60. The van der Waals surface area contributed by atoms with Crippen LogP contribution in [0.25, 0.3) is 0 Å². The Morgan fingerprint density at radius 2 is 2.11 bits per heavy atom. The average Bonchev–Trinajstić information content (AvgIpc) is 3.11. The van der Waals surface area contributed by atoms with Gasteiger partial charge in [0.15, 0.2) is 0 Å². The highest BCUT2D eigenvalue weighted by Crippen LogP contribution is 2.36. The first kappa shape index (κ1) is 14.0. The van der Waals surface area contributed by atoms with E-state index in [4.69, 9.17) is 33.7 Å². The predicted molar refractivity (Wildman–Crippen MR) is 76.7 cm³/mol. The summed E-state index contributed by atoms with van der Waals surface area (Å²) in [6.07, 6.45) is 4.19. The van der Waals surface area contributed by atoms with Gasteiger partial charge >= 0.3 is 0 Å². The maximum Gasteiger partial charge on any atom is 0.141 e. The molecule has 2 nitrogen and oxygen atoms in total. The molecule has 18 heavy (non-hydrogen) atoms. The minimum Gasteiger partial charge on any atom is -0.491 e. The number of hydrogen-bond acceptors (Lipinski definition) is 2. The van der Waals surface area contributed by atoms with E-state index in [1.165, 1.54) is 12.8 Å². The van der Waals surface area contributed by atoms with Crippen LogP contribution in [0.4, 0.5) is 0 Å². The summed E-state index contributed by atoms with van der Waals surface area (Å²) in [5.41, 5.74) is 7.02. The average molecular weight is 288 g/mol. The standard InChI is InChI=1S/C14H19Cl2NO/c1-2-12(17)6-10-5-11(15)7-13(16)14(10)18-8-9-3-4-9/h5,7,9,12H,2-4,6,8,17H2,1H3. The van der Waals surface area contributed by atoms with E-state index in [1.807, 2.05) is 6.07 Å². The van der Waals surface area contributed by atoms with Gasteiger partial charge in [0.25, 0.3) is 0 Å². The van der Waals surface area contributed by atoms with Gasteiger partial charge in [-0.15, -0.1) is 0 Å². The molecule has 1 aliphatic carbocycles. The summed E-state index contributed by atoms with van der Waals surface area (Å²) in [6, 6.07) is 3.75. The fraction of sp³-hybridized carbons (Fsp3) is 0.571. The van der Waals surface area contributed by atoms with Gasteiger partial charge in [0.1, 0.15) is 5.75 Å². The lowest BCUT2D eigenvalue weighted by Crippen LogP contribution is -2.22. The van der Waals surface area contributed by atoms with E-state index < -0.39 is 0 Å². The Hall–Kier alpha value is -0.440. The SMILES string of the molecule is CCC(N)Cc1cc(Cl)cc(Cl)c1OCC1CC1. The first-order valence-electron chi connectivity index (χ1n) is 6.46. The molecule has 0 heterocycles. The van der Waals surface area contributed by atoms with Crippen LogP contribution in [0.3, 0.4) is 0 Å². The Bertz CT molecular complexity index is 419. The molecule has 1 unspecified atom stereocenters. The number of nitrogens with two attached hydrogens (primary N) is 1. The first-order valence-corrected chi connectivity index (χ1v) is 7.22. The molecule has 0 bridgehead atoms. The summed E-state index contributed by atoms with van der Waals surface area (Å²) in [5.74, 6) is 1.46. The molecule has 1 fully saturated rings. The molecule has 1 atom stereocenters. The van der Waals surface area contributed by atoms with Crippen LogP contribution in [-0.2, 0) is 6.42 Å². The Morgan fingerprint density at radius 1 is 1.39 bits per heavy atom. The quantitative estimate of drug-likeness (QED) is 0.856. The molecule has 0 aromatic heterocycles. The summed E-state index contributed by atoms with van der Waals surface area (Å²) in [6.45, 7) is 2.82. The second-order valence-electron chi connectivity index (χ2n) is 5.00. The second kappa shape index (κ2) is 6.14. The second-order valence-corrected chi connectivity index (χ2v) is 5.85. The highest BCUT2D eigenvalue weighted by molar-refractivity contribution is 6.35. The van der Waals surface area contributed by atoms with Gasteiger partial charge in [-0.05, 0) is 49.3 Å². The van der Waals surface area contributed by atoms with Gasteiger partial charge in [-0.3, -0.25) is 0 Å². The van der Waals surface area contributed by atoms with Crippen molar-refractivity contribution in [1.29, 1.82) is 0 Å². The van der Waals surface area contributed by atoms with Crippen LogP contribution in [0.1, 0.15) is 31.7 Å². The zero-order valence-corrected chi connectivity index (χ0v) is 12.1. The smallest absolute Gasteiger partial charge is 0.141 e. The minimum atomic E-state index is 0.114. The Morgan fingerprint density at radius 3 is 2.72 bits per heavy atom. The van der Waals surface area contributed by atoms with Gasteiger partial charge in [0.05, 0.1) is 11.6 Å². The van der Waals surface area contributed by atoms with Crippen LogP contribution in [-0.4, -0.2) is 12.6 Å². The van der Waals surface area contributed by atoms with E-state index in [9.17, 15) is 0 Å². The van der Waals surface area contributed by atoms with Crippen molar-refractivity contribution in [2.24, 2.45) is 11.7 Å². The van der Waals surface area contributed by atoms with Crippen molar-refractivity contribution in [2.45, 2.75) is 38.6 Å². The third-order valence-corrected chi connectivity index (χ3v) is 3.75. The lowest BCUT2D eigenvalue weighted by atomic mass is 10.0. The molecule has 2 N–H and O–H groups in total. The van der Waals surface area contributed by atoms with Crippen LogP contribution < -0.4 is 10.5 Å². The van der Waals surface area contributed by atoms with Crippen LogP contribution in [0.15, 0.2) is 12.1 Å². The summed E-state index contributed by atoms with van der Waals surface area (Å²) < 4.78 is 5.85. The highest BCUT2D eigenvalue weighted by atomic mass is 35.5. The largest absolute Gasteiger partial charge is 0.491 e. The zero-order valence-electron chi connectivity index (χ0n) is 10.6. The fourth-order valence-electron chi connectivity index (χ4n) is 1.84. The molecule has 0 aliphatic heterocycles. The molecule has 0 radical (unpaired) electrons. The monoisotopic (exact) mass is 287 g/mol. The molecule has 1 saturated carbocycles. The Balaban J connectivity index is 2.16. The Labute approximate surface area is 118 Å². The van der Waals surface area contributed by atoms with Crippen LogP contribution >= 0.6 is 23.2 Å². The van der Waals surface area contributed by atoms with Crippen molar-refractivity contribution in [3.8, 4) is 5.75 Å². The normalized spacial score (nSPS) is 16.7. The van der Waals surface area contributed by atoms with Crippen molar-refractivity contribution in [3.63, 3.8) is 0 Å². The van der Waals surface area contributed by atoms with Crippen LogP contribution in [0.2, 0.25) is 10.0 Å². The maximum absolute atomic E-state index is 6.21. The third kappa shape index (κ3) is 3.78. The molecule has 0 spiro atoms. The molecule has 4 heteroatoms. The summed E-state index contributed by atoms with van der Waals surface area (Å²) in [4.78, 5) is 0. The third-order valence-electron chi connectivity index (χ3n) is 3.25. The number of ether oxygens (including phenoxy) is 1. The van der Waals surface area contributed by atoms with E-state index >= 15 is 0 Å². The minimum absolute atomic E-state index is 0.114. The van der Waals surface area contributed by atoms with Crippen molar-refractivity contribution < 1.29 is 4.74 Å². The van der Waals surface area contributed by atoms with Crippen molar-refractivity contribution in [3.05, 3.63) is 27.7 Å². The molecular formula is C14H19Cl2NO. The van der Waals surface area contributed by atoms with Gasteiger partial charge in [0.2, 0.25) is 0 Å². The number of hydrogen-bond donors (Lipinski definition) is 1. The van der Waals surface area contributed by atoms with E-state index in [-0.39, 0.29) is 6.04 Å². The number of rotatable bonds is 6. The molecule has 2 rings (SSSR count).